The van der Waals surface area contributed by atoms with Gasteiger partial charge in [0.25, 0.3) is 0 Å². The summed E-state index contributed by atoms with van der Waals surface area (Å²) in [6.07, 6.45) is 4.01. The van der Waals surface area contributed by atoms with Crippen molar-refractivity contribution < 1.29 is 0 Å². The Labute approximate surface area is 119 Å². The predicted octanol–water partition coefficient (Wildman–Crippen LogP) is 3.58. The number of nitrogens with one attached hydrogen (secondary N) is 1. The average molecular weight is 275 g/mol. The first-order valence-corrected chi connectivity index (χ1v) is 7.69. The highest BCUT2D eigenvalue weighted by Crippen LogP contribution is 2.29. The van der Waals surface area contributed by atoms with E-state index in [0.717, 1.165) is 36.6 Å². The number of hydrogen-bond acceptors (Lipinski definition) is 4. The maximum Gasteiger partial charge on any atom is 0.142 e. The van der Waals surface area contributed by atoms with Gasteiger partial charge in [0, 0.05) is 17.6 Å². The van der Waals surface area contributed by atoms with Crippen LogP contribution in [0.3, 0.4) is 0 Å². The van der Waals surface area contributed by atoms with E-state index in [1.807, 2.05) is 12.3 Å². The van der Waals surface area contributed by atoms with E-state index in [9.17, 15) is 0 Å². The van der Waals surface area contributed by atoms with Crippen LogP contribution in [0.2, 0.25) is 0 Å². The van der Waals surface area contributed by atoms with Gasteiger partial charge in [-0.05, 0) is 31.5 Å². The van der Waals surface area contributed by atoms with Gasteiger partial charge < -0.3 is 5.32 Å². The molecule has 0 fully saturated rings. The normalized spacial score (nSPS) is 10.9. The van der Waals surface area contributed by atoms with Crippen molar-refractivity contribution in [2.24, 2.45) is 0 Å². The van der Waals surface area contributed by atoms with Gasteiger partial charge in [0.1, 0.15) is 10.7 Å². The summed E-state index contributed by atoms with van der Waals surface area (Å²) in [4.78, 5) is 10.6. The zero-order valence-electron chi connectivity index (χ0n) is 11.9. The first-order chi connectivity index (χ1) is 9.26. The zero-order valence-corrected chi connectivity index (χ0v) is 12.7. The molecule has 0 atom stereocenters. The van der Waals surface area contributed by atoms with Crippen molar-refractivity contribution in [1.29, 1.82) is 0 Å². The molecule has 0 bridgehead atoms. The van der Waals surface area contributed by atoms with Crippen LogP contribution < -0.4 is 5.32 Å². The zero-order chi connectivity index (χ0) is 13.7. The fourth-order valence-corrected chi connectivity index (χ4v) is 3.14. The van der Waals surface area contributed by atoms with Crippen molar-refractivity contribution in [1.82, 2.24) is 15.3 Å². The van der Waals surface area contributed by atoms with Crippen molar-refractivity contribution in [2.45, 2.75) is 40.2 Å². The number of pyridine rings is 1. The average Bonchev–Trinajstić information content (AvgIpc) is 2.80. The van der Waals surface area contributed by atoms with Crippen LogP contribution in [0.25, 0.3) is 10.7 Å². The third-order valence-electron chi connectivity index (χ3n) is 3.01. The van der Waals surface area contributed by atoms with Crippen LogP contribution in [0.4, 0.5) is 0 Å². The molecule has 0 spiro atoms. The molecule has 4 heteroatoms. The van der Waals surface area contributed by atoms with Gasteiger partial charge >= 0.3 is 0 Å². The molecule has 0 saturated carbocycles. The van der Waals surface area contributed by atoms with Crippen LogP contribution in [0.1, 0.15) is 36.4 Å². The Morgan fingerprint density at radius 2 is 2.16 bits per heavy atom. The van der Waals surface area contributed by atoms with Crippen LogP contribution in [0.15, 0.2) is 18.3 Å². The van der Waals surface area contributed by atoms with E-state index in [2.05, 4.69) is 37.1 Å². The summed E-state index contributed by atoms with van der Waals surface area (Å²) in [5.74, 6) is 0. The second-order valence-corrected chi connectivity index (χ2v) is 5.67. The maximum absolute atomic E-state index is 4.80. The number of nitrogens with zero attached hydrogens (tertiary/aromatic N) is 2. The van der Waals surface area contributed by atoms with Gasteiger partial charge in [-0.1, -0.05) is 26.3 Å². The van der Waals surface area contributed by atoms with Gasteiger partial charge in [-0.2, -0.15) is 0 Å². The van der Waals surface area contributed by atoms with E-state index in [1.165, 1.54) is 16.1 Å². The first-order valence-electron chi connectivity index (χ1n) is 6.87. The predicted molar refractivity (Wildman–Crippen MR) is 81.5 cm³/mol. The van der Waals surface area contributed by atoms with Crippen molar-refractivity contribution in [3.63, 3.8) is 0 Å². The molecule has 0 aromatic carbocycles. The molecule has 0 radical (unpaired) electrons. The second kappa shape index (κ2) is 6.78. The fourth-order valence-electron chi connectivity index (χ4n) is 2.00. The van der Waals surface area contributed by atoms with Gasteiger partial charge in [-0.15, -0.1) is 11.3 Å². The highest BCUT2D eigenvalue weighted by molar-refractivity contribution is 7.15. The molecule has 1 N–H and O–H groups in total. The van der Waals surface area contributed by atoms with Crippen LogP contribution in [0, 0.1) is 6.92 Å². The van der Waals surface area contributed by atoms with Gasteiger partial charge in [0.05, 0.1) is 5.69 Å². The summed E-state index contributed by atoms with van der Waals surface area (Å²) in [7, 11) is 0. The largest absolute Gasteiger partial charge is 0.312 e. The molecule has 2 aromatic heterocycles. The van der Waals surface area contributed by atoms with Crippen LogP contribution >= 0.6 is 11.3 Å². The fraction of sp³-hybridized carbons (Fsp3) is 0.467. The number of thiazole rings is 1. The number of hydrogen-bond donors (Lipinski definition) is 1. The number of aromatic nitrogens is 2. The van der Waals surface area contributed by atoms with Crippen LogP contribution in [-0.2, 0) is 13.0 Å². The molecule has 19 heavy (non-hydrogen) atoms. The van der Waals surface area contributed by atoms with Crippen molar-refractivity contribution in [2.75, 3.05) is 6.54 Å². The van der Waals surface area contributed by atoms with Gasteiger partial charge in [-0.25, -0.2) is 4.98 Å². The van der Waals surface area contributed by atoms with Crippen LogP contribution in [-0.4, -0.2) is 16.5 Å². The van der Waals surface area contributed by atoms with E-state index in [4.69, 9.17) is 4.98 Å². The van der Waals surface area contributed by atoms with Gasteiger partial charge in [0.2, 0.25) is 0 Å². The molecule has 2 rings (SSSR count). The second-order valence-electron chi connectivity index (χ2n) is 4.59. The lowest BCUT2D eigenvalue weighted by atomic mass is 10.2. The molecule has 0 saturated heterocycles. The lowest BCUT2D eigenvalue weighted by Crippen LogP contribution is -2.11. The molecule has 0 amide bonds. The molecule has 0 unspecified atom stereocenters. The summed E-state index contributed by atoms with van der Waals surface area (Å²) in [5, 5.41) is 4.44. The number of rotatable bonds is 6. The van der Waals surface area contributed by atoms with Gasteiger partial charge in [-0.3, -0.25) is 4.98 Å². The summed E-state index contributed by atoms with van der Waals surface area (Å²) in [6.45, 7) is 8.32. The third kappa shape index (κ3) is 3.39. The Bertz CT molecular complexity index is 534. The standard InChI is InChI=1S/C15H21N3S/c1-4-7-12-13(10-16-5-2)19-15(18-12)14-11(3)8-6-9-17-14/h6,8-9,16H,4-5,7,10H2,1-3H3. The lowest BCUT2D eigenvalue weighted by molar-refractivity contribution is 0.723. The van der Waals surface area contributed by atoms with Gasteiger partial charge in [0.15, 0.2) is 0 Å². The van der Waals surface area contributed by atoms with Crippen LogP contribution in [0.5, 0.6) is 0 Å². The van der Waals surface area contributed by atoms with Crippen molar-refractivity contribution in [3.05, 3.63) is 34.5 Å². The summed E-state index contributed by atoms with van der Waals surface area (Å²) < 4.78 is 0. The smallest absolute Gasteiger partial charge is 0.142 e. The third-order valence-corrected chi connectivity index (χ3v) is 4.12. The minimum absolute atomic E-state index is 0.912. The Morgan fingerprint density at radius 1 is 1.32 bits per heavy atom. The van der Waals surface area contributed by atoms with E-state index >= 15 is 0 Å². The monoisotopic (exact) mass is 275 g/mol. The molecule has 0 aliphatic rings. The quantitative estimate of drug-likeness (QED) is 0.875. The summed E-state index contributed by atoms with van der Waals surface area (Å²) >= 11 is 1.77. The SMILES string of the molecule is CCCc1nc(-c2ncccc2C)sc1CNCC. The first kappa shape index (κ1) is 14.2. The minimum Gasteiger partial charge on any atom is -0.312 e. The molecule has 2 aromatic rings. The molecule has 0 aliphatic carbocycles. The highest BCUT2D eigenvalue weighted by Gasteiger charge is 2.13. The summed E-state index contributed by atoms with van der Waals surface area (Å²) in [5.41, 5.74) is 3.44. The topological polar surface area (TPSA) is 37.8 Å². The number of aryl methyl sites for hydroxylation is 2. The van der Waals surface area contributed by atoms with E-state index < -0.39 is 0 Å². The van der Waals surface area contributed by atoms with Crippen molar-refractivity contribution in [3.8, 4) is 10.7 Å². The Kier molecular flexibility index (Phi) is 5.05. The minimum atomic E-state index is 0.912. The molecule has 2 heterocycles. The Morgan fingerprint density at radius 3 is 2.84 bits per heavy atom. The van der Waals surface area contributed by atoms with E-state index in [1.54, 1.807) is 11.3 Å². The summed E-state index contributed by atoms with van der Waals surface area (Å²) in [6, 6.07) is 4.06. The molecular formula is C15H21N3S. The molecular weight excluding hydrogens is 254 g/mol. The molecule has 102 valence electrons. The van der Waals surface area contributed by atoms with E-state index in [0.29, 0.717) is 0 Å². The lowest BCUT2D eigenvalue weighted by Gasteiger charge is -2.00. The highest BCUT2D eigenvalue weighted by atomic mass is 32.1. The van der Waals surface area contributed by atoms with Crippen molar-refractivity contribution >= 4 is 11.3 Å². The molecule has 3 nitrogen and oxygen atoms in total. The Balaban J connectivity index is 2.34. The van der Waals surface area contributed by atoms with E-state index in [-0.39, 0.29) is 0 Å². The maximum atomic E-state index is 4.80. The molecule has 0 aliphatic heterocycles. The Hall–Kier alpha value is -1.26.